The molecule has 0 aliphatic heterocycles. The number of hydrogen-bond acceptors (Lipinski definition) is 2. The van der Waals surface area contributed by atoms with Crippen LogP contribution in [0, 0.1) is 13.8 Å². The quantitative estimate of drug-likeness (QED) is 0.638. The van der Waals surface area contributed by atoms with Crippen LogP contribution in [0.4, 0.5) is 0 Å². The number of hydrogen-bond donors (Lipinski definition) is 0. The lowest BCUT2D eigenvalue weighted by atomic mass is 10.1. The van der Waals surface area contributed by atoms with Crippen molar-refractivity contribution in [3.8, 4) is 11.4 Å². The van der Waals surface area contributed by atoms with Gasteiger partial charge >= 0.3 is 0 Å². The molecule has 0 aliphatic carbocycles. The molecule has 3 rings (SSSR count). The van der Waals surface area contributed by atoms with E-state index in [1.54, 1.807) is 0 Å². The summed E-state index contributed by atoms with van der Waals surface area (Å²) >= 11 is 0. The average molecular weight is 234 g/mol. The van der Waals surface area contributed by atoms with Crippen LogP contribution in [0.2, 0.25) is 0 Å². The molecule has 0 unspecified atom stereocenters. The maximum Gasteiger partial charge on any atom is 0.160 e. The van der Waals surface area contributed by atoms with Gasteiger partial charge in [-0.15, -0.1) is 0 Å². The number of fused-ring (bicyclic) bond motifs is 1. The molecule has 0 fully saturated rings. The van der Waals surface area contributed by atoms with Gasteiger partial charge in [0.1, 0.15) is 0 Å². The lowest BCUT2D eigenvalue weighted by Crippen LogP contribution is -1.94. The highest BCUT2D eigenvalue weighted by Crippen LogP contribution is 2.21. The van der Waals surface area contributed by atoms with Crippen molar-refractivity contribution in [3.05, 3.63) is 59.8 Å². The topological polar surface area (TPSA) is 25.8 Å². The van der Waals surface area contributed by atoms with Gasteiger partial charge in [-0.3, -0.25) is 0 Å². The van der Waals surface area contributed by atoms with Gasteiger partial charge in [-0.25, -0.2) is 9.97 Å². The minimum atomic E-state index is 0.801. The van der Waals surface area contributed by atoms with E-state index in [2.05, 4.69) is 41.2 Å². The van der Waals surface area contributed by atoms with Crippen LogP contribution in [0.3, 0.4) is 0 Å². The van der Waals surface area contributed by atoms with E-state index in [1.165, 1.54) is 5.56 Å². The van der Waals surface area contributed by atoms with Gasteiger partial charge < -0.3 is 0 Å². The molecule has 0 N–H and O–H groups in total. The predicted octanol–water partition coefficient (Wildman–Crippen LogP) is 3.91. The summed E-state index contributed by atoms with van der Waals surface area (Å²) in [7, 11) is 0. The van der Waals surface area contributed by atoms with E-state index in [4.69, 9.17) is 0 Å². The molecule has 88 valence electrons. The Hall–Kier alpha value is -2.22. The standard InChI is InChI=1S/C16H14N2/c1-11-6-5-7-13(10-11)16-17-12(2)14-8-3-4-9-15(14)18-16/h3-10H,1-2H3. The first-order chi connectivity index (χ1) is 8.74. The fraction of sp³-hybridized carbons (Fsp3) is 0.125. The molecule has 18 heavy (non-hydrogen) atoms. The summed E-state index contributed by atoms with van der Waals surface area (Å²) in [5, 5.41) is 1.12. The number of rotatable bonds is 1. The second-order valence-electron chi connectivity index (χ2n) is 4.52. The smallest absolute Gasteiger partial charge is 0.160 e. The summed E-state index contributed by atoms with van der Waals surface area (Å²) in [5.74, 6) is 0.801. The summed E-state index contributed by atoms with van der Waals surface area (Å²) < 4.78 is 0. The molecule has 0 amide bonds. The van der Waals surface area contributed by atoms with Crippen LogP contribution in [-0.2, 0) is 0 Å². The Morgan fingerprint density at radius 2 is 1.67 bits per heavy atom. The minimum Gasteiger partial charge on any atom is -0.233 e. The maximum absolute atomic E-state index is 4.64. The summed E-state index contributed by atoms with van der Waals surface area (Å²) in [6.07, 6.45) is 0. The predicted molar refractivity (Wildman–Crippen MR) is 74.4 cm³/mol. The van der Waals surface area contributed by atoms with Gasteiger partial charge in [0.25, 0.3) is 0 Å². The van der Waals surface area contributed by atoms with E-state index in [9.17, 15) is 0 Å². The van der Waals surface area contributed by atoms with E-state index < -0.39 is 0 Å². The lowest BCUT2D eigenvalue weighted by Gasteiger charge is -2.06. The molecular weight excluding hydrogens is 220 g/mol. The van der Waals surface area contributed by atoms with Crippen molar-refractivity contribution < 1.29 is 0 Å². The van der Waals surface area contributed by atoms with Crippen molar-refractivity contribution in [2.75, 3.05) is 0 Å². The number of aryl methyl sites for hydroxylation is 2. The van der Waals surface area contributed by atoms with Gasteiger partial charge in [-0.1, -0.05) is 42.0 Å². The largest absolute Gasteiger partial charge is 0.233 e. The van der Waals surface area contributed by atoms with E-state index in [1.807, 2.05) is 31.2 Å². The Labute approximate surface area is 106 Å². The van der Waals surface area contributed by atoms with E-state index >= 15 is 0 Å². The molecule has 3 aromatic rings. The van der Waals surface area contributed by atoms with Crippen LogP contribution in [0.15, 0.2) is 48.5 Å². The molecule has 2 aromatic carbocycles. The van der Waals surface area contributed by atoms with Crippen LogP contribution >= 0.6 is 0 Å². The van der Waals surface area contributed by atoms with Crippen molar-refractivity contribution in [1.82, 2.24) is 9.97 Å². The summed E-state index contributed by atoms with van der Waals surface area (Å²) in [6.45, 7) is 4.11. The number of benzene rings is 2. The Morgan fingerprint density at radius 1 is 0.833 bits per heavy atom. The Kier molecular flexibility index (Phi) is 2.56. The monoisotopic (exact) mass is 234 g/mol. The van der Waals surface area contributed by atoms with Crippen molar-refractivity contribution in [3.63, 3.8) is 0 Å². The highest BCUT2D eigenvalue weighted by Gasteiger charge is 2.05. The molecule has 0 atom stereocenters. The van der Waals surface area contributed by atoms with E-state index in [0.717, 1.165) is 28.0 Å². The zero-order valence-corrected chi connectivity index (χ0v) is 10.5. The van der Waals surface area contributed by atoms with Crippen LogP contribution in [-0.4, -0.2) is 9.97 Å². The van der Waals surface area contributed by atoms with Crippen molar-refractivity contribution in [2.24, 2.45) is 0 Å². The molecule has 1 heterocycles. The van der Waals surface area contributed by atoms with Gasteiger partial charge in [0, 0.05) is 16.6 Å². The van der Waals surface area contributed by atoms with Gasteiger partial charge in [0.15, 0.2) is 5.82 Å². The molecule has 1 aromatic heterocycles. The highest BCUT2D eigenvalue weighted by molar-refractivity contribution is 5.82. The molecule has 0 aliphatic rings. The van der Waals surface area contributed by atoms with Crippen LogP contribution in [0.25, 0.3) is 22.3 Å². The second-order valence-corrected chi connectivity index (χ2v) is 4.52. The summed E-state index contributed by atoms with van der Waals surface area (Å²) in [6, 6.07) is 16.4. The molecule has 0 saturated heterocycles. The van der Waals surface area contributed by atoms with Crippen molar-refractivity contribution in [1.29, 1.82) is 0 Å². The van der Waals surface area contributed by atoms with Gasteiger partial charge in [-0.2, -0.15) is 0 Å². The summed E-state index contributed by atoms with van der Waals surface area (Å²) in [5.41, 5.74) is 4.32. The number of aromatic nitrogens is 2. The van der Waals surface area contributed by atoms with Gasteiger partial charge in [0.05, 0.1) is 5.52 Å². The van der Waals surface area contributed by atoms with E-state index in [0.29, 0.717) is 0 Å². The van der Waals surface area contributed by atoms with Gasteiger partial charge in [0.2, 0.25) is 0 Å². The molecule has 2 nitrogen and oxygen atoms in total. The molecule has 0 radical (unpaired) electrons. The van der Waals surface area contributed by atoms with Gasteiger partial charge in [-0.05, 0) is 26.0 Å². The SMILES string of the molecule is Cc1cccc(-c2nc(C)c3ccccc3n2)c1. The zero-order chi connectivity index (χ0) is 12.5. The number of para-hydroxylation sites is 1. The third-order valence-electron chi connectivity index (χ3n) is 3.07. The first-order valence-electron chi connectivity index (χ1n) is 6.04. The van der Waals surface area contributed by atoms with Crippen molar-refractivity contribution >= 4 is 10.9 Å². The Morgan fingerprint density at radius 3 is 2.50 bits per heavy atom. The van der Waals surface area contributed by atoms with Crippen LogP contribution in [0.5, 0.6) is 0 Å². The maximum atomic E-state index is 4.64. The molecule has 0 saturated carbocycles. The Balaban J connectivity index is 2.24. The first-order valence-corrected chi connectivity index (χ1v) is 6.04. The average Bonchev–Trinajstić information content (AvgIpc) is 2.39. The summed E-state index contributed by atoms with van der Waals surface area (Å²) in [4.78, 5) is 9.24. The third kappa shape index (κ3) is 1.86. The lowest BCUT2D eigenvalue weighted by molar-refractivity contribution is 1.16. The van der Waals surface area contributed by atoms with Crippen molar-refractivity contribution in [2.45, 2.75) is 13.8 Å². The fourth-order valence-electron chi connectivity index (χ4n) is 2.15. The Bertz CT molecular complexity index is 717. The van der Waals surface area contributed by atoms with Crippen LogP contribution in [0.1, 0.15) is 11.3 Å². The normalized spacial score (nSPS) is 10.8. The second kappa shape index (κ2) is 4.22. The number of nitrogens with zero attached hydrogens (tertiary/aromatic N) is 2. The van der Waals surface area contributed by atoms with Crippen LogP contribution < -0.4 is 0 Å². The molecule has 0 bridgehead atoms. The molecular formula is C16H14N2. The highest BCUT2D eigenvalue weighted by atomic mass is 14.9. The zero-order valence-electron chi connectivity index (χ0n) is 10.5. The first kappa shape index (κ1) is 10.9. The molecule has 2 heteroatoms. The molecule has 0 spiro atoms. The fourth-order valence-corrected chi connectivity index (χ4v) is 2.15. The van der Waals surface area contributed by atoms with E-state index in [-0.39, 0.29) is 0 Å². The third-order valence-corrected chi connectivity index (χ3v) is 3.07. The minimum absolute atomic E-state index is 0.801.